The Bertz CT molecular complexity index is 1010. The van der Waals surface area contributed by atoms with Gasteiger partial charge in [0.15, 0.2) is 0 Å². The van der Waals surface area contributed by atoms with Gasteiger partial charge in [0.25, 0.3) is 0 Å². The topological polar surface area (TPSA) is 92.8 Å². The lowest BCUT2D eigenvalue weighted by atomic mass is 9.97. The first kappa shape index (κ1) is 17.1. The molecule has 0 spiro atoms. The van der Waals surface area contributed by atoms with Crippen molar-refractivity contribution in [3.63, 3.8) is 0 Å². The summed E-state index contributed by atoms with van der Waals surface area (Å²) >= 11 is 0. The number of ether oxygens (including phenoxy) is 1. The highest BCUT2D eigenvalue weighted by Crippen LogP contribution is 2.61. The standard InChI is InChI=1S/C20H20FN5O2/c1-10(19(27)25-20-23-9-24-26-20)18-13-7-12(8-14(13)18)28-17-4-5-22-16-3-2-11(21)6-15(16)17/h2-6,9-10,12-14,18H,7-8H2,1H3,(H2,23,24,25,26,27)/t10?,12?,13-,14+,18?. The Labute approximate surface area is 160 Å². The molecule has 2 N–H and O–H groups in total. The molecular weight excluding hydrogens is 361 g/mol. The summed E-state index contributed by atoms with van der Waals surface area (Å²) in [6.07, 6.45) is 5.02. The van der Waals surface area contributed by atoms with Crippen LogP contribution in [0.5, 0.6) is 5.75 Å². The number of pyridine rings is 1. The average Bonchev–Trinajstić information content (AvgIpc) is 3.04. The van der Waals surface area contributed by atoms with Gasteiger partial charge < -0.3 is 4.74 Å². The molecule has 5 atom stereocenters. The predicted octanol–water partition coefficient (Wildman–Crippen LogP) is 3.17. The third-order valence-electron chi connectivity index (χ3n) is 6.07. The molecule has 5 rings (SSSR count). The van der Waals surface area contributed by atoms with E-state index in [0.29, 0.717) is 34.8 Å². The lowest BCUT2D eigenvalue weighted by Crippen LogP contribution is -2.26. The van der Waals surface area contributed by atoms with Gasteiger partial charge in [0, 0.05) is 17.5 Å². The van der Waals surface area contributed by atoms with Gasteiger partial charge in [0.1, 0.15) is 17.9 Å². The predicted molar refractivity (Wildman–Crippen MR) is 100.0 cm³/mol. The normalized spacial score (nSPS) is 26.6. The summed E-state index contributed by atoms with van der Waals surface area (Å²) in [7, 11) is 0. The third-order valence-corrected chi connectivity index (χ3v) is 6.07. The number of aromatic nitrogens is 4. The van der Waals surface area contributed by atoms with Crippen molar-refractivity contribution in [1.29, 1.82) is 0 Å². The molecule has 2 saturated carbocycles. The van der Waals surface area contributed by atoms with Crippen LogP contribution in [0.2, 0.25) is 0 Å². The summed E-state index contributed by atoms with van der Waals surface area (Å²) in [6.45, 7) is 1.96. The summed E-state index contributed by atoms with van der Waals surface area (Å²) in [4.78, 5) is 20.6. The molecule has 8 heteroatoms. The van der Waals surface area contributed by atoms with Crippen LogP contribution < -0.4 is 10.1 Å². The van der Waals surface area contributed by atoms with E-state index in [2.05, 4.69) is 25.5 Å². The maximum absolute atomic E-state index is 13.6. The Kier molecular flexibility index (Phi) is 3.99. The van der Waals surface area contributed by atoms with Gasteiger partial charge in [-0.25, -0.2) is 9.37 Å². The van der Waals surface area contributed by atoms with Gasteiger partial charge in [-0.05, 0) is 54.9 Å². The Morgan fingerprint density at radius 1 is 1.29 bits per heavy atom. The zero-order valence-corrected chi connectivity index (χ0v) is 15.3. The van der Waals surface area contributed by atoms with E-state index in [1.165, 1.54) is 18.5 Å². The SMILES string of the molecule is CC(C(=O)Nc1nc[nH]n1)C1[C@H]2CC(Oc3ccnc4ccc(F)cc34)C[C@@H]12. The van der Waals surface area contributed by atoms with Gasteiger partial charge in [0.05, 0.1) is 11.6 Å². The van der Waals surface area contributed by atoms with Gasteiger partial charge in [-0.3, -0.25) is 20.2 Å². The van der Waals surface area contributed by atoms with Crippen molar-refractivity contribution in [2.45, 2.75) is 25.9 Å². The monoisotopic (exact) mass is 381 g/mol. The second-order valence-corrected chi connectivity index (χ2v) is 7.69. The molecule has 1 amide bonds. The summed E-state index contributed by atoms with van der Waals surface area (Å²) in [5.74, 6) is 1.88. The van der Waals surface area contributed by atoms with Gasteiger partial charge in [-0.2, -0.15) is 0 Å². The van der Waals surface area contributed by atoms with E-state index in [-0.39, 0.29) is 23.7 Å². The number of H-pyrrole nitrogens is 1. The second-order valence-electron chi connectivity index (χ2n) is 7.69. The number of hydrogen-bond acceptors (Lipinski definition) is 5. The molecule has 2 heterocycles. The number of nitrogens with zero attached hydrogens (tertiary/aromatic N) is 3. The number of carbonyl (C=O) groups excluding carboxylic acids is 1. The third kappa shape index (κ3) is 2.98. The van der Waals surface area contributed by atoms with Crippen molar-refractivity contribution in [1.82, 2.24) is 20.2 Å². The number of benzene rings is 1. The van der Waals surface area contributed by atoms with Crippen LogP contribution in [0.4, 0.5) is 10.3 Å². The molecule has 2 aromatic heterocycles. The largest absolute Gasteiger partial charge is 0.490 e. The summed E-state index contributed by atoms with van der Waals surface area (Å²) in [6, 6.07) is 6.31. The average molecular weight is 381 g/mol. The van der Waals surface area contributed by atoms with Crippen LogP contribution in [0.1, 0.15) is 19.8 Å². The number of rotatable bonds is 5. The zero-order chi connectivity index (χ0) is 19.3. The van der Waals surface area contributed by atoms with Crippen molar-refractivity contribution in [2.75, 3.05) is 5.32 Å². The van der Waals surface area contributed by atoms with Crippen LogP contribution in [-0.4, -0.2) is 32.2 Å². The lowest BCUT2D eigenvalue weighted by molar-refractivity contribution is -0.120. The molecule has 0 bridgehead atoms. The number of hydrogen-bond donors (Lipinski definition) is 2. The van der Waals surface area contributed by atoms with Crippen molar-refractivity contribution in [3.05, 3.63) is 42.6 Å². The Hall–Kier alpha value is -3.03. The minimum Gasteiger partial charge on any atom is -0.490 e. The number of amides is 1. The smallest absolute Gasteiger partial charge is 0.248 e. The van der Waals surface area contributed by atoms with E-state index in [9.17, 15) is 9.18 Å². The van der Waals surface area contributed by atoms with Crippen LogP contribution in [0, 0.1) is 29.5 Å². The summed E-state index contributed by atoms with van der Waals surface area (Å²) in [5.41, 5.74) is 0.720. The minimum atomic E-state index is -0.300. The number of fused-ring (bicyclic) bond motifs is 2. The van der Waals surface area contributed by atoms with Gasteiger partial charge >= 0.3 is 0 Å². The highest BCUT2D eigenvalue weighted by molar-refractivity contribution is 5.91. The van der Waals surface area contributed by atoms with E-state index < -0.39 is 0 Å². The molecule has 1 aromatic carbocycles. The Morgan fingerprint density at radius 2 is 2.11 bits per heavy atom. The van der Waals surface area contributed by atoms with Crippen LogP contribution in [0.15, 0.2) is 36.8 Å². The number of carbonyl (C=O) groups is 1. The molecule has 28 heavy (non-hydrogen) atoms. The van der Waals surface area contributed by atoms with Crippen LogP contribution in [0.25, 0.3) is 10.9 Å². The minimum absolute atomic E-state index is 0.0490. The molecule has 2 aliphatic rings. The summed E-state index contributed by atoms with van der Waals surface area (Å²) in [5, 5.41) is 9.88. The maximum atomic E-state index is 13.6. The van der Waals surface area contributed by atoms with E-state index in [1.54, 1.807) is 18.3 Å². The molecule has 144 valence electrons. The molecule has 2 fully saturated rings. The van der Waals surface area contributed by atoms with Crippen LogP contribution in [-0.2, 0) is 4.79 Å². The number of nitrogens with one attached hydrogen (secondary N) is 2. The quantitative estimate of drug-likeness (QED) is 0.708. The number of anilines is 1. The fourth-order valence-electron chi connectivity index (χ4n) is 4.72. The van der Waals surface area contributed by atoms with Crippen molar-refractivity contribution in [2.24, 2.45) is 23.7 Å². The maximum Gasteiger partial charge on any atom is 0.248 e. The van der Waals surface area contributed by atoms with Gasteiger partial charge in [-0.15, -0.1) is 5.10 Å². The molecule has 0 radical (unpaired) electrons. The van der Waals surface area contributed by atoms with E-state index >= 15 is 0 Å². The molecular formula is C20H20FN5O2. The molecule has 0 saturated heterocycles. The van der Waals surface area contributed by atoms with Crippen molar-refractivity contribution in [3.8, 4) is 5.75 Å². The fraction of sp³-hybridized carbons (Fsp3) is 0.400. The molecule has 3 unspecified atom stereocenters. The van der Waals surface area contributed by atoms with Crippen molar-refractivity contribution < 1.29 is 13.9 Å². The fourth-order valence-corrected chi connectivity index (χ4v) is 4.72. The first-order valence-electron chi connectivity index (χ1n) is 9.47. The van der Waals surface area contributed by atoms with Crippen LogP contribution in [0.3, 0.4) is 0 Å². The Morgan fingerprint density at radius 3 is 2.86 bits per heavy atom. The zero-order valence-electron chi connectivity index (χ0n) is 15.3. The van der Waals surface area contributed by atoms with E-state index in [1.807, 2.05) is 6.92 Å². The highest BCUT2D eigenvalue weighted by Gasteiger charge is 2.59. The first-order valence-corrected chi connectivity index (χ1v) is 9.47. The first-order chi connectivity index (χ1) is 13.6. The van der Waals surface area contributed by atoms with E-state index in [4.69, 9.17) is 4.74 Å². The highest BCUT2D eigenvalue weighted by atomic mass is 19.1. The Balaban J connectivity index is 1.21. The number of aromatic amines is 1. The molecule has 7 nitrogen and oxygen atoms in total. The molecule has 2 aliphatic carbocycles. The van der Waals surface area contributed by atoms with Crippen molar-refractivity contribution >= 4 is 22.8 Å². The molecule has 0 aliphatic heterocycles. The van der Waals surface area contributed by atoms with Gasteiger partial charge in [0.2, 0.25) is 11.9 Å². The molecule has 3 aromatic rings. The lowest BCUT2D eigenvalue weighted by Gasteiger charge is -2.20. The van der Waals surface area contributed by atoms with Gasteiger partial charge in [-0.1, -0.05) is 6.92 Å². The second kappa shape index (κ2) is 6.54. The van der Waals surface area contributed by atoms with Crippen LogP contribution >= 0.6 is 0 Å². The number of halogens is 1. The summed E-state index contributed by atoms with van der Waals surface area (Å²) < 4.78 is 19.8. The van der Waals surface area contributed by atoms with E-state index in [0.717, 1.165) is 18.4 Å².